The molecule has 1 heterocycles. The highest BCUT2D eigenvalue weighted by atomic mass is 19.1. The molecule has 1 saturated heterocycles. The molecule has 0 radical (unpaired) electrons. The molecular weight excluding hydrogens is 329 g/mol. The lowest BCUT2D eigenvalue weighted by molar-refractivity contribution is -0.136. The maximum Gasteiger partial charge on any atom is 0.319 e. The molecule has 1 fully saturated rings. The van der Waals surface area contributed by atoms with E-state index in [1.54, 1.807) is 19.0 Å². The van der Waals surface area contributed by atoms with Crippen molar-refractivity contribution in [1.29, 1.82) is 0 Å². The highest BCUT2D eigenvalue weighted by Crippen LogP contribution is 2.21. The van der Waals surface area contributed by atoms with Crippen LogP contribution in [0, 0.1) is 11.7 Å². The zero-order valence-electron chi connectivity index (χ0n) is 14.3. The fourth-order valence-corrected chi connectivity index (χ4v) is 2.79. The van der Waals surface area contributed by atoms with E-state index in [1.165, 1.54) is 17.0 Å². The molecule has 0 unspecified atom stereocenters. The van der Waals surface area contributed by atoms with Crippen LogP contribution in [0.1, 0.15) is 18.4 Å². The smallest absolute Gasteiger partial charge is 0.319 e. The van der Waals surface area contributed by atoms with E-state index in [9.17, 15) is 18.8 Å². The zero-order chi connectivity index (χ0) is 18.6. The maximum absolute atomic E-state index is 13.9. The number of piperidine rings is 1. The topological polar surface area (TPSA) is 90.0 Å². The van der Waals surface area contributed by atoms with Crippen molar-refractivity contribution in [2.24, 2.45) is 5.92 Å². The van der Waals surface area contributed by atoms with Crippen LogP contribution in [0.4, 0.5) is 14.9 Å². The average molecular weight is 351 g/mol. The van der Waals surface area contributed by atoms with E-state index in [0.717, 1.165) is 6.07 Å². The summed E-state index contributed by atoms with van der Waals surface area (Å²) in [4.78, 5) is 38.0. The van der Waals surface area contributed by atoms with Crippen molar-refractivity contribution in [2.45, 2.75) is 19.3 Å². The lowest BCUT2D eigenvalue weighted by Gasteiger charge is -2.33. The number of anilines is 1. The Kier molecular flexibility index (Phi) is 5.95. The first-order valence-electron chi connectivity index (χ1n) is 8.05. The predicted octanol–water partition coefficient (Wildman–Crippen LogP) is 1.78. The number of amides is 3. The number of nitrogens with one attached hydrogen (secondary N) is 1. The van der Waals surface area contributed by atoms with Crippen molar-refractivity contribution in [3.63, 3.8) is 0 Å². The van der Waals surface area contributed by atoms with Gasteiger partial charge in [-0.05, 0) is 30.5 Å². The van der Waals surface area contributed by atoms with Crippen molar-refractivity contribution < 1.29 is 23.9 Å². The average Bonchev–Trinajstić information content (AvgIpc) is 2.56. The quantitative estimate of drug-likeness (QED) is 0.865. The molecule has 0 aromatic heterocycles. The van der Waals surface area contributed by atoms with E-state index in [-0.39, 0.29) is 23.4 Å². The summed E-state index contributed by atoms with van der Waals surface area (Å²) in [5.74, 6) is -2.24. The van der Waals surface area contributed by atoms with Crippen LogP contribution >= 0.6 is 0 Å². The Balaban J connectivity index is 1.91. The number of aliphatic carboxylic acids is 1. The van der Waals surface area contributed by atoms with Crippen molar-refractivity contribution in [2.75, 3.05) is 32.5 Å². The highest BCUT2D eigenvalue weighted by molar-refractivity contribution is 5.92. The van der Waals surface area contributed by atoms with Crippen LogP contribution in [0.25, 0.3) is 0 Å². The minimum absolute atomic E-state index is 0.0704. The molecular formula is C17H22FN3O4. The van der Waals surface area contributed by atoms with Gasteiger partial charge in [0.05, 0.1) is 6.42 Å². The minimum Gasteiger partial charge on any atom is -0.481 e. The molecule has 136 valence electrons. The van der Waals surface area contributed by atoms with Gasteiger partial charge in [-0.25, -0.2) is 9.18 Å². The van der Waals surface area contributed by atoms with Crippen molar-refractivity contribution in [1.82, 2.24) is 9.80 Å². The SMILES string of the molecule is CN(C)C(=O)N1CCC(C(=O)Nc2ccc(CC(=O)O)c(F)c2)CC1. The van der Waals surface area contributed by atoms with E-state index in [1.807, 2.05) is 0 Å². The molecule has 1 aromatic carbocycles. The van der Waals surface area contributed by atoms with Gasteiger partial charge < -0.3 is 20.2 Å². The Morgan fingerprint density at radius 1 is 1.28 bits per heavy atom. The van der Waals surface area contributed by atoms with Crippen LogP contribution in [0.15, 0.2) is 18.2 Å². The Hall–Kier alpha value is -2.64. The summed E-state index contributed by atoms with van der Waals surface area (Å²) in [6, 6.07) is 3.90. The number of hydrogen-bond donors (Lipinski definition) is 2. The Labute approximate surface area is 145 Å². The second-order valence-electron chi connectivity index (χ2n) is 6.30. The molecule has 2 N–H and O–H groups in total. The maximum atomic E-state index is 13.9. The summed E-state index contributed by atoms with van der Waals surface area (Å²) in [5, 5.41) is 11.4. The Morgan fingerprint density at radius 3 is 2.44 bits per heavy atom. The number of carboxylic acid groups (broad SMARTS) is 1. The second-order valence-corrected chi connectivity index (χ2v) is 6.30. The van der Waals surface area contributed by atoms with Gasteiger partial charge in [-0.3, -0.25) is 9.59 Å². The van der Waals surface area contributed by atoms with E-state index < -0.39 is 18.2 Å². The first kappa shape index (κ1) is 18.7. The summed E-state index contributed by atoms with van der Waals surface area (Å²) in [5.41, 5.74) is 0.365. The molecule has 1 aromatic rings. The molecule has 1 aliphatic heterocycles. The molecule has 7 nitrogen and oxygen atoms in total. The number of carboxylic acids is 1. The molecule has 25 heavy (non-hydrogen) atoms. The number of nitrogens with zero attached hydrogens (tertiary/aromatic N) is 2. The number of likely N-dealkylation sites (tertiary alicyclic amines) is 1. The lowest BCUT2D eigenvalue weighted by Crippen LogP contribution is -2.45. The standard InChI is InChI=1S/C17H22FN3O4/c1-20(2)17(25)21-7-5-11(6-8-21)16(24)19-13-4-3-12(9-15(22)23)14(18)10-13/h3-4,10-11H,5-9H2,1-2H3,(H,19,24)(H,22,23). The summed E-state index contributed by atoms with van der Waals surface area (Å²) in [6.45, 7) is 1.00. The van der Waals surface area contributed by atoms with Gasteiger partial charge in [0.2, 0.25) is 5.91 Å². The van der Waals surface area contributed by atoms with Gasteiger partial charge in [0.1, 0.15) is 5.82 Å². The van der Waals surface area contributed by atoms with Crippen molar-refractivity contribution >= 4 is 23.6 Å². The number of hydrogen-bond acceptors (Lipinski definition) is 3. The van der Waals surface area contributed by atoms with Gasteiger partial charge >= 0.3 is 12.0 Å². The summed E-state index contributed by atoms with van der Waals surface area (Å²) in [6.07, 6.45) is 0.689. The summed E-state index contributed by atoms with van der Waals surface area (Å²) >= 11 is 0. The number of carbonyl (C=O) groups is 3. The van der Waals surface area contributed by atoms with Crippen LogP contribution < -0.4 is 5.32 Å². The second kappa shape index (κ2) is 7.96. The molecule has 0 bridgehead atoms. The normalized spacial score (nSPS) is 14.9. The van der Waals surface area contributed by atoms with Gasteiger partial charge in [0.25, 0.3) is 0 Å². The van der Waals surface area contributed by atoms with Crippen LogP contribution in [-0.2, 0) is 16.0 Å². The van der Waals surface area contributed by atoms with Crippen LogP contribution in [0.5, 0.6) is 0 Å². The highest BCUT2D eigenvalue weighted by Gasteiger charge is 2.28. The van der Waals surface area contributed by atoms with Crippen LogP contribution in [0.2, 0.25) is 0 Å². The van der Waals surface area contributed by atoms with E-state index in [2.05, 4.69) is 5.32 Å². The molecule has 0 atom stereocenters. The third-order valence-corrected chi connectivity index (χ3v) is 4.18. The summed E-state index contributed by atoms with van der Waals surface area (Å²) < 4.78 is 13.9. The number of rotatable bonds is 4. The van der Waals surface area contributed by atoms with Crippen molar-refractivity contribution in [3.8, 4) is 0 Å². The summed E-state index contributed by atoms with van der Waals surface area (Å²) in [7, 11) is 3.37. The Bertz CT molecular complexity index is 670. The van der Waals surface area contributed by atoms with Gasteiger partial charge in [-0.15, -0.1) is 0 Å². The molecule has 8 heteroatoms. The van der Waals surface area contributed by atoms with E-state index in [4.69, 9.17) is 5.11 Å². The molecule has 3 amide bonds. The number of benzene rings is 1. The molecule has 0 spiro atoms. The van der Waals surface area contributed by atoms with E-state index >= 15 is 0 Å². The number of carbonyl (C=O) groups excluding carboxylic acids is 2. The van der Waals surface area contributed by atoms with E-state index in [0.29, 0.717) is 31.6 Å². The molecule has 0 aliphatic carbocycles. The fourth-order valence-electron chi connectivity index (χ4n) is 2.79. The largest absolute Gasteiger partial charge is 0.481 e. The fraction of sp³-hybridized carbons (Fsp3) is 0.471. The first-order valence-corrected chi connectivity index (χ1v) is 8.05. The molecule has 1 aliphatic rings. The van der Waals surface area contributed by atoms with Gasteiger partial charge in [-0.1, -0.05) is 6.07 Å². The van der Waals surface area contributed by atoms with Crippen LogP contribution in [-0.4, -0.2) is 60.0 Å². The number of halogens is 1. The van der Waals surface area contributed by atoms with Crippen LogP contribution in [0.3, 0.4) is 0 Å². The molecule has 0 saturated carbocycles. The van der Waals surface area contributed by atoms with Gasteiger partial charge in [-0.2, -0.15) is 0 Å². The van der Waals surface area contributed by atoms with Gasteiger partial charge in [0, 0.05) is 38.8 Å². The number of urea groups is 1. The zero-order valence-corrected chi connectivity index (χ0v) is 14.3. The first-order chi connectivity index (χ1) is 11.8. The lowest BCUT2D eigenvalue weighted by atomic mass is 9.96. The predicted molar refractivity (Wildman–Crippen MR) is 89.7 cm³/mol. The third-order valence-electron chi connectivity index (χ3n) is 4.18. The molecule has 2 rings (SSSR count). The third kappa shape index (κ3) is 4.91. The Morgan fingerprint density at radius 2 is 1.92 bits per heavy atom. The van der Waals surface area contributed by atoms with Crippen molar-refractivity contribution in [3.05, 3.63) is 29.6 Å². The van der Waals surface area contributed by atoms with Gasteiger partial charge in [0.15, 0.2) is 0 Å². The monoisotopic (exact) mass is 351 g/mol. The minimum atomic E-state index is -1.12.